The van der Waals surface area contributed by atoms with Gasteiger partial charge in [-0.05, 0) is 30.7 Å². The van der Waals surface area contributed by atoms with E-state index in [9.17, 15) is 32.5 Å². The highest BCUT2D eigenvalue weighted by Crippen LogP contribution is 2.28. The van der Waals surface area contributed by atoms with E-state index in [1.807, 2.05) is 0 Å². The van der Waals surface area contributed by atoms with E-state index in [2.05, 4.69) is 0 Å². The molecule has 0 aliphatic carbocycles. The Bertz CT molecular complexity index is 1030. The van der Waals surface area contributed by atoms with Crippen molar-refractivity contribution in [2.75, 3.05) is 0 Å². The average Bonchev–Trinajstić information content (AvgIpc) is 2.59. The number of aromatic hydroxyl groups is 1. The van der Waals surface area contributed by atoms with Crippen LogP contribution in [-0.2, 0) is 21.5 Å². The van der Waals surface area contributed by atoms with E-state index in [0.29, 0.717) is 16.5 Å². The number of aromatic carboxylic acids is 1. The van der Waals surface area contributed by atoms with Crippen LogP contribution in [0.2, 0.25) is 0 Å². The van der Waals surface area contributed by atoms with Crippen molar-refractivity contribution in [3.8, 4) is 5.75 Å². The Balaban J connectivity index is 2.52. The molecule has 0 saturated carbocycles. The van der Waals surface area contributed by atoms with Crippen LogP contribution in [0.4, 0.5) is 0 Å². The fourth-order valence-corrected chi connectivity index (χ4v) is 2.96. The molecular weight excluding hydrogens is 378 g/mol. The second kappa shape index (κ2) is 7.56. The lowest BCUT2D eigenvalue weighted by Gasteiger charge is -2.18. The van der Waals surface area contributed by atoms with Gasteiger partial charge in [0.1, 0.15) is 11.3 Å². The van der Waals surface area contributed by atoms with E-state index in [0.717, 1.165) is 6.07 Å². The number of amides is 2. The molecule has 27 heavy (non-hydrogen) atoms. The van der Waals surface area contributed by atoms with Gasteiger partial charge < -0.3 is 10.2 Å². The largest absolute Gasteiger partial charge is 0.507 e. The van der Waals surface area contributed by atoms with Crippen molar-refractivity contribution < 1.29 is 37.6 Å². The lowest BCUT2D eigenvalue weighted by Crippen LogP contribution is -2.30. The van der Waals surface area contributed by atoms with Gasteiger partial charge >= 0.3 is 5.97 Å². The van der Waals surface area contributed by atoms with Crippen molar-refractivity contribution in [2.24, 2.45) is 0 Å². The number of benzene rings is 2. The summed E-state index contributed by atoms with van der Waals surface area (Å²) in [6, 6.07) is 7.77. The Kier molecular flexibility index (Phi) is 5.62. The summed E-state index contributed by atoms with van der Waals surface area (Å²) in [4.78, 5) is 35.0. The molecule has 0 bridgehead atoms. The first-order valence-corrected chi connectivity index (χ1v) is 8.88. The highest BCUT2D eigenvalue weighted by Gasteiger charge is 2.24. The number of rotatable bonds is 6. The third-order valence-electron chi connectivity index (χ3n) is 3.79. The van der Waals surface area contributed by atoms with Gasteiger partial charge in [0.2, 0.25) is 6.41 Å². The minimum absolute atomic E-state index is 0.175. The summed E-state index contributed by atoms with van der Waals surface area (Å²) in [5.41, 5.74) is -0.351. The zero-order chi connectivity index (χ0) is 20.4. The summed E-state index contributed by atoms with van der Waals surface area (Å²) in [6.07, 6.45) is 0.175. The lowest BCUT2D eigenvalue weighted by molar-refractivity contribution is -0.116. The van der Waals surface area contributed by atoms with E-state index in [4.69, 9.17) is 5.11 Å². The number of phenols is 1. The molecule has 0 atom stereocenters. The Morgan fingerprint density at radius 3 is 2.30 bits per heavy atom. The third-order valence-corrected chi connectivity index (χ3v) is 4.63. The van der Waals surface area contributed by atoms with Gasteiger partial charge in [-0.25, -0.2) is 4.79 Å². The summed E-state index contributed by atoms with van der Waals surface area (Å²) in [5, 5.41) is 19.2. The van der Waals surface area contributed by atoms with Gasteiger partial charge in [0.15, 0.2) is 0 Å². The van der Waals surface area contributed by atoms with E-state index < -0.39 is 44.7 Å². The first-order valence-electron chi connectivity index (χ1n) is 7.44. The molecule has 9 nitrogen and oxygen atoms in total. The second-order valence-electron chi connectivity index (χ2n) is 5.61. The van der Waals surface area contributed by atoms with E-state index in [-0.39, 0.29) is 17.5 Å². The fourth-order valence-electron chi connectivity index (χ4n) is 2.41. The summed E-state index contributed by atoms with van der Waals surface area (Å²) in [5.74, 6) is -3.20. The molecule has 2 rings (SSSR count). The molecule has 0 aliphatic rings. The van der Waals surface area contributed by atoms with Crippen molar-refractivity contribution in [3.05, 3.63) is 58.7 Å². The van der Waals surface area contributed by atoms with E-state index >= 15 is 0 Å². The van der Waals surface area contributed by atoms with Crippen LogP contribution in [0.1, 0.15) is 31.8 Å². The number of carboxylic acids is 1. The van der Waals surface area contributed by atoms with Crippen molar-refractivity contribution in [1.82, 2.24) is 4.90 Å². The number of carboxylic acid groups (broad SMARTS) is 1. The average molecular weight is 393 g/mol. The fraction of sp³-hybridized carbons (Fsp3) is 0.118. The summed E-state index contributed by atoms with van der Waals surface area (Å²) >= 11 is 0. The molecule has 142 valence electrons. The first kappa shape index (κ1) is 20.1. The Morgan fingerprint density at radius 1 is 1.15 bits per heavy atom. The van der Waals surface area contributed by atoms with Crippen LogP contribution < -0.4 is 0 Å². The van der Waals surface area contributed by atoms with Crippen molar-refractivity contribution in [1.29, 1.82) is 0 Å². The van der Waals surface area contributed by atoms with Gasteiger partial charge in [-0.3, -0.25) is 19.0 Å². The maximum atomic E-state index is 12.5. The number of aryl methyl sites for hydroxylation is 1. The highest BCUT2D eigenvalue weighted by molar-refractivity contribution is 7.85. The number of carbonyl (C=O) groups is 3. The van der Waals surface area contributed by atoms with E-state index in [1.54, 1.807) is 25.1 Å². The highest BCUT2D eigenvalue weighted by atomic mass is 32.2. The number of carbonyl (C=O) groups excluding carboxylic acids is 2. The van der Waals surface area contributed by atoms with Crippen LogP contribution in [0.3, 0.4) is 0 Å². The molecule has 0 spiro atoms. The molecular formula is C17H15NO8S. The molecule has 2 aromatic carbocycles. The van der Waals surface area contributed by atoms with Gasteiger partial charge in [0, 0.05) is 11.1 Å². The number of hydrogen-bond donors (Lipinski definition) is 3. The van der Waals surface area contributed by atoms with Gasteiger partial charge in [0.25, 0.3) is 16.0 Å². The zero-order valence-corrected chi connectivity index (χ0v) is 14.8. The molecule has 0 aromatic heterocycles. The van der Waals surface area contributed by atoms with Crippen LogP contribution in [-0.4, -0.2) is 46.4 Å². The van der Waals surface area contributed by atoms with Crippen molar-refractivity contribution >= 4 is 28.4 Å². The number of imide groups is 1. The molecule has 0 radical (unpaired) electrons. The number of hydrogen-bond acceptors (Lipinski definition) is 6. The minimum atomic E-state index is -4.79. The van der Waals surface area contributed by atoms with Crippen LogP contribution >= 0.6 is 0 Å². The lowest BCUT2D eigenvalue weighted by atomic mass is 10.1. The van der Waals surface area contributed by atoms with Crippen molar-refractivity contribution in [2.45, 2.75) is 18.4 Å². The van der Waals surface area contributed by atoms with E-state index in [1.165, 1.54) is 6.07 Å². The van der Waals surface area contributed by atoms with Gasteiger partial charge in [-0.15, -0.1) is 0 Å². The Hall–Kier alpha value is -3.24. The van der Waals surface area contributed by atoms with Crippen LogP contribution in [0.25, 0.3) is 0 Å². The Labute approximate surface area is 154 Å². The molecule has 2 amide bonds. The molecule has 0 unspecified atom stereocenters. The maximum absolute atomic E-state index is 12.5. The summed E-state index contributed by atoms with van der Waals surface area (Å²) in [7, 11) is -4.79. The molecule has 0 fully saturated rings. The smallest absolute Gasteiger partial charge is 0.339 e. The predicted molar refractivity (Wildman–Crippen MR) is 92.0 cm³/mol. The van der Waals surface area contributed by atoms with Crippen molar-refractivity contribution in [3.63, 3.8) is 0 Å². The summed E-state index contributed by atoms with van der Waals surface area (Å²) in [6.45, 7) is 1.04. The number of nitrogens with zero attached hydrogens (tertiary/aromatic N) is 1. The topological polar surface area (TPSA) is 149 Å². The zero-order valence-electron chi connectivity index (χ0n) is 14.0. The van der Waals surface area contributed by atoms with Gasteiger partial charge in [0.05, 0.1) is 11.4 Å². The SMILES string of the molecule is Cc1ccccc1C(=O)N(C=O)Cc1cc(S(=O)(=O)O)cc(C(=O)O)c1O. The van der Waals surface area contributed by atoms with Gasteiger partial charge in [-0.1, -0.05) is 18.2 Å². The predicted octanol–water partition coefficient (Wildman–Crippen LogP) is 1.44. The Morgan fingerprint density at radius 2 is 1.78 bits per heavy atom. The molecule has 2 aromatic rings. The molecule has 3 N–H and O–H groups in total. The third kappa shape index (κ3) is 4.30. The first-order chi connectivity index (χ1) is 12.6. The molecule has 0 heterocycles. The second-order valence-corrected chi connectivity index (χ2v) is 7.03. The monoisotopic (exact) mass is 393 g/mol. The molecule has 10 heteroatoms. The quantitative estimate of drug-likeness (QED) is 0.493. The minimum Gasteiger partial charge on any atom is -0.507 e. The normalized spacial score (nSPS) is 11.0. The van der Waals surface area contributed by atoms with Gasteiger partial charge in [-0.2, -0.15) is 8.42 Å². The molecule has 0 saturated heterocycles. The van der Waals surface area contributed by atoms with Crippen LogP contribution in [0.5, 0.6) is 5.75 Å². The van der Waals surface area contributed by atoms with Crippen LogP contribution in [0.15, 0.2) is 41.3 Å². The maximum Gasteiger partial charge on any atom is 0.339 e. The molecule has 0 aliphatic heterocycles. The van der Waals surface area contributed by atoms with Crippen LogP contribution in [0, 0.1) is 6.92 Å². The standard InChI is InChI=1S/C17H15NO8S/c1-10-4-2-3-5-13(10)16(21)18(9-19)8-11-6-12(27(24,25)26)7-14(15(11)20)17(22)23/h2-7,9,20H,8H2,1H3,(H,22,23)(H,24,25,26). The summed E-state index contributed by atoms with van der Waals surface area (Å²) < 4.78 is 31.9.